The molecular formula is C18H22ClN. The summed E-state index contributed by atoms with van der Waals surface area (Å²) < 4.78 is 0. The van der Waals surface area contributed by atoms with E-state index in [1.165, 1.54) is 27.8 Å². The van der Waals surface area contributed by atoms with Gasteiger partial charge in [-0.1, -0.05) is 48.4 Å². The second kappa shape index (κ2) is 6.92. The van der Waals surface area contributed by atoms with Crippen LogP contribution in [0.2, 0.25) is 5.02 Å². The van der Waals surface area contributed by atoms with E-state index in [1.54, 1.807) is 0 Å². The van der Waals surface area contributed by atoms with E-state index >= 15 is 0 Å². The lowest BCUT2D eigenvalue weighted by Crippen LogP contribution is -2.14. The maximum absolute atomic E-state index is 6.16. The molecule has 2 rings (SSSR count). The first kappa shape index (κ1) is 15.1. The SMILES string of the molecule is CCCNCc1cc(Cl)ccc1-c1cc(C)ccc1C. The van der Waals surface area contributed by atoms with Crippen molar-refractivity contribution in [1.29, 1.82) is 0 Å². The molecule has 0 spiro atoms. The van der Waals surface area contributed by atoms with Gasteiger partial charge in [-0.2, -0.15) is 0 Å². The Morgan fingerprint density at radius 2 is 1.80 bits per heavy atom. The molecule has 0 amide bonds. The quantitative estimate of drug-likeness (QED) is 0.752. The van der Waals surface area contributed by atoms with Crippen LogP contribution in [-0.4, -0.2) is 6.54 Å². The average Bonchev–Trinajstić information content (AvgIpc) is 2.42. The van der Waals surface area contributed by atoms with Crippen molar-refractivity contribution in [3.05, 3.63) is 58.1 Å². The van der Waals surface area contributed by atoms with Crippen molar-refractivity contribution in [2.75, 3.05) is 6.54 Å². The van der Waals surface area contributed by atoms with Gasteiger partial charge >= 0.3 is 0 Å². The van der Waals surface area contributed by atoms with Gasteiger partial charge in [-0.05, 0) is 61.2 Å². The lowest BCUT2D eigenvalue weighted by atomic mass is 9.94. The molecule has 0 radical (unpaired) electrons. The maximum atomic E-state index is 6.16. The fourth-order valence-corrected chi connectivity index (χ4v) is 2.59. The molecule has 2 aromatic carbocycles. The summed E-state index contributed by atoms with van der Waals surface area (Å²) in [5.74, 6) is 0. The first-order valence-electron chi connectivity index (χ1n) is 7.18. The van der Waals surface area contributed by atoms with E-state index in [4.69, 9.17) is 11.6 Å². The van der Waals surface area contributed by atoms with Crippen molar-refractivity contribution in [2.45, 2.75) is 33.7 Å². The fourth-order valence-electron chi connectivity index (χ4n) is 2.40. The van der Waals surface area contributed by atoms with Crippen molar-refractivity contribution in [3.8, 4) is 11.1 Å². The van der Waals surface area contributed by atoms with Crippen LogP contribution in [0.3, 0.4) is 0 Å². The lowest BCUT2D eigenvalue weighted by Gasteiger charge is -2.14. The van der Waals surface area contributed by atoms with Crippen LogP contribution >= 0.6 is 11.6 Å². The van der Waals surface area contributed by atoms with Crippen LogP contribution in [0.4, 0.5) is 0 Å². The van der Waals surface area contributed by atoms with E-state index in [0.717, 1.165) is 24.5 Å². The zero-order chi connectivity index (χ0) is 14.5. The highest BCUT2D eigenvalue weighted by atomic mass is 35.5. The van der Waals surface area contributed by atoms with Gasteiger partial charge in [0, 0.05) is 11.6 Å². The third kappa shape index (κ3) is 3.62. The van der Waals surface area contributed by atoms with E-state index in [0.29, 0.717) is 0 Å². The van der Waals surface area contributed by atoms with E-state index in [9.17, 15) is 0 Å². The summed E-state index contributed by atoms with van der Waals surface area (Å²) in [6, 6.07) is 12.8. The van der Waals surface area contributed by atoms with Crippen molar-refractivity contribution < 1.29 is 0 Å². The molecule has 0 saturated heterocycles. The smallest absolute Gasteiger partial charge is 0.0409 e. The van der Waals surface area contributed by atoms with Crippen LogP contribution in [0.5, 0.6) is 0 Å². The Labute approximate surface area is 127 Å². The van der Waals surface area contributed by atoms with Gasteiger partial charge < -0.3 is 5.32 Å². The molecule has 0 fully saturated rings. The number of benzene rings is 2. The highest BCUT2D eigenvalue weighted by molar-refractivity contribution is 6.30. The number of hydrogen-bond acceptors (Lipinski definition) is 1. The van der Waals surface area contributed by atoms with Gasteiger partial charge in [0.1, 0.15) is 0 Å². The molecule has 0 aliphatic carbocycles. The number of aryl methyl sites for hydroxylation is 2. The molecule has 106 valence electrons. The van der Waals surface area contributed by atoms with Gasteiger partial charge in [0.05, 0.1) is 0 Å². The van der Waals surface area contributed by atoms with Crippen molar-refractivity contribution in [2.24, 2.45) is 0 Å². The minimum absolute atomic E-state index is 0.798. The molecule has 1 nitrogen and oxygen atoms in total. The standard InChI is InChI=1S/C18H22ClN/c1-4-9-20-12-15-11-16(19)7-8-17(15)18-10-13(2)5-6-14(18)3/h5-8,10-11,20H,4,9,12H2,1-3H3. The maximum Gasteiger partial charge on any atom is 0.0409 e. The Hall–Kier alpha value is -1.31. The summed E-state index contributed by atoms with van der Waals surface area (Å²) in [4.78, 5) is 0. The molecule has 0 heterocycles. The Morgan fingerprint density at radius 3 is 2.55 bits per heavy atom. The molecule has 1 N–H and O–H groups in total. The Bertz CT molecular complexity index is 590. The lowest BCUT2D eigenvalue weighted by molar-refractivity contribution is 0.676. The predicted molar refractivity (Wildman–Crippen MR) is 88.4 cm³/mol. The third-order valence-electron chi connectivity index (χ3n) is 3.49. The molecule has 0 aliphatic rings. The first-order valence-corrected chi connectivity index (χ1v) is 7.56. The van der Waals surface area contributed by atoms with E-state index in [2.05, 4.69) is 56.4 Å². The highest BCUT2D eigenvalue weighted by Crippen LogP contribution is 2.29. The van der Waals surface area contributed by atoms with Gasteiger partial charge in [-0.3, -0.25) is 0 Å². The van der Waals surface area contributed by atoms with Crippen LogP contribution < -0.4 is 5.32 Å². The average molecular weight is 288 g/mol. The minimum atomic E-state index is 0.798. The van der Waals surface area contributed by atoms with Crippen molar-refractivity contribution in [3.63, 3.8) is 0 Å². The zero-order valence-corrected chi connectivity index (χ0v) is 13.2. The summed E-state index contributed by atoms with van der Waals surface area (Å²) in [7, 11) is 0. The van der Waals surface area contributed by atoms with Gasteiger partial charge in [0.15, 0.2) is 0 Å². The third-order valence-corrected chi connectivity index (χ3v) is 3.73. The first-order chi connectivity index (χ1) is 9.61. The molecule has 20 heavy (non-hydrogen) atoms. The van der Waals surface area contributed by atoms with E-state index in [1.807, 2.05) is 6.07 Å². The summed E-state index contributed by atoms with van der Waals surface area (Å²) in [6.45, 7) is 8.35. The van der Waals surface area contributed by atoms with Gasteiger partial charge in [0.25, 0.3) is 0 Å². The second-order valence-electron chi connectivity index (χ2n) is 5.30. The normalized spacial score (nSPS) is 10.8. The Morgan fingerprint density at radius 1 is 1.00 bits per heavy atom. The fraction of sp³-hybridized carbons (Fsp3) is 0.333. The minimum Gasteiger partial charge on any atom is -0.313 e. The Balaban J connectivity index is 2.41. The van der Waals surface area contributed by atoms with Gasteiger partial charge in [0.2, 0.25) is 0 Å². The number of rotatable bonds is 5. The molecule has 0 atom stereocenters. The van der Waals surface area contributed by atoms with Crippen molar-refractivity contribution >= 4 is 11.6 Å². The molecule has 0 unspecified atom stereocenters. The summed E-state index contributed by atoms with van der Waals surface area (Å²) >= 11 is 6.16. The summed E-state index contributed by atoms with van der Waals surface area (Å²) in [5, 5.41) is 4.26. The van der Waals surface area contributed by atoms with Gasteiger partial charge in [-0.15, -0.1) is 0 Å². The molecule has 0 aliphatic heterocycles. The summed E-state index contributed by atoms with van der Waals surface area (Å²) in [6.07, 6.45) is 1.14. The molecule has 2 heteroatoms. The van der Waals surface area contributed by atoms with Crippen LogP contribution in [0.25, 0.3) is 11.1 Å². The Kier molecular flexibility index (Phi) is 5.22. The number of halogens is 1. The zero-order valence-electron chi connectivity index (χ0n) is 12.5. The molecule has 0 saturated carbocycles. The van der Waals surface area contributed by atoms with Crippen LogP contribution in [0.15, 0.2) is 36.4 Å². The number of hydrogen-bond donors (Lipinski definition) is 1. The van der Waals surface area contributed by atoms with Crippen molar-refractivity contribution in [1.82, 2.24) is 5.32 Å². The monoisotopic (exact) mass is 287 g/mol. The molecule has 0 aromatic heterocycles. The van der Waals surface area contributed by atoms with Gasteiger partial charge in [-0.25, -0.2) is 0 Å². The highest BCUT2D eigenvalue weighted by Gasteiger charge is 2.08. The molecule has 2 aromatic rings. The predicted octanol–water partition coefficient (Wildman–Crippen LogP) is 5.12. The largest absolute Gasteiger partial charge is 0.313 e. The number of nitrogens with one attached hydrogen (secondary N) is 1. The van der Waals surface area contributed by atoms with Crippen LogP contribution in [-0.2, 0) is 6.54 Å². The van der Waals surface area contributed by atoms with E-state index in [-0.39, 0.29) is 0 Å². The second-order valence-corrected chi connectivity index (χ2v) is 5.73. The summed E-state index contributed by atoms with van der Waals surface area (Å²) in [5.41, 5.74) is 6.43. The topological polar surface area (TPSA) is 12.0 Å². The van der Waals surface area contributed by atoms with Crippen LogP contribution in [0, 0.1) is 13.8 Å². The van der Waals surface area contributed by atoms with Crippen LogP contribution in [0.1, 0.15) is 30.0 Å². The molecular weight excluding hydrogens is 266 g/mol. The van der Waals surface area contributed by atoms with E-state index < -0.39 is 0 Å². The molecule has 0 bridgehead atoms.